The highest BCUT2D eigenvalue weighted by molar-refractivity contribution is 5.87. The van der Waals surface area contributed by atoms with Crippen molar-refractivity contribution in [2.75, 3.05) is 0 Å². The van der Waals surface area contributed by atoms with Crippen molar-refractivity contribution in [1.29, 1.82) is 0 Å². The van der Waals surface area contributed by atoms with Crippen LogP contribution in [-0.4, -0.2) is 11.1 Å². The van der Waals surface area contributed by atoms with Crippen molar-refractivity contribution in [2.24, 2.45) is 0 Å². The van der Waals surface area contributed by atoms with Crippen LogP contribution in [0.4, 0.5) is 17.6 Å². The molecule has 0 atom stereocenters. The van der Waals surface area contributed by atoms with E-state index in [2.05, 4.69) is 0 Å². The Hall–Kier alpha value is -2.05. The van der Waals surface area contributed by atoms with Gasteiger partial charge < -0.3 is 9.52 Å². The Balaban J connectivity index is 2.89. The lowest BCUT2D eigenvalue weighted by atomic mass is 10.1. The van der Waals surface area contributed by atoms with Crippen LogP contribution in [-0.2, 0) is 11.2 Å². The average Bonchev–Trinajstić information content (AvgIpc) is 2.61. The van der Waals surface area contributed by atoms with E-state index < -0.39 is 46.6 Å². The van der Waals surface area contributed by atoms with Gasteiger partial charge in [-0.2, -0.15) is 4.39 Å². The van der Waals surface area contributed by atoms with Crippen molar-refractivity contribution in [3.8, 4) is 0 Å². The van der Waals surface area contributed by atoms with Gasteiger partial charge in [-0.25, -0.2) is 13.2 Å². The lowest BCUT2D eigenvalue weighted by molar-refractivity contribution is -0.136. The molecule has 1 heterocycles. The van der Waals surface area contributed by atoms with Gasteiger partial charge in [0.15, 0.2) is 17.2 Å². The molecular formula is C11H6F4O3. The SMILES string of the molecule is Cc1oc2c(F)c(F)c(F)c(F)c2c1CC(=O)O. The zero-order valence-corrected chi connectivity index (χ0v) is 8.98. The molecular weight excluding hydrogens is 256 g/mol. The number of halogens is 4. The predicted octanol–water partition coefficient (Wildman–Crippen LogP) is 2.92. The minimum absolute atomic E-state index is 0.102. The van der Waals surface area contributed by atoms with Gasteiger partial charge in [0.25, 0.3) is 0 Å². The number of furan rings is 1. The number of carbonyl (C=O) groups is 1. The van der Waals surface area contributed by atoms with Crippen LogP contribution in [0.2, 0.25) is 0 Å². The van der Waals surface area contributed by atoms with Crippen LogP contribution in [0.1, 0.15) is 11.3 Å². The summed E-state index contributed by atoms with van der Waals surface area (Å²) in [6.07, 6.45) is -0.680. The first-order valence-corrected chi connectivity index (χ1v) is 4.80. The summed E-state index contributed by atoms with van der Waals surface area (Å²) in [4.78, 5) is 10.6. The van der Waals surface area contributed by atoms with E-state index in [1.165, 1.54) is 6.92 Å². The van der Waals surface area contributed by atoms with Gasteiger partial charge in [0.05, 0.1) is 11.8 Å². The Morgan fingerprint density at radius 2 is 1.67 bits per heavy atom. The van der Waals surface area contributed by atoms with Gasteiger partial charge in [-0.15, -0.1) is 0 Å². The highest BCUT2D eigenvalue weighted by Crippen LogP contribution is 2.33. The van der Waals surface area contributed by atoms with Crippen LogP contribution in [0.15, 0.2) is 4.42 Å². The molecule has 1 aromatic heterocycles. The quantitative estimate of drug-likeness (QED) is 0.514. The topological polar surface area (TPSA) is 50.4 Å². The first kappa shape index (κ1) is 12.4. The number of carboxylic acids is 1. The molecule has 0 aliphatic heterocycles. The second kappa shape index (κ2) is 4.01. The largest absolute Gasteiger partial charge is 0.481 e. The summed E-state index contributed by atoms with van der Waals surface area (Å²) in [5, 5.41) is 7.95. The Morgan fingerprint density at radius 1 is 1.11 bits per heavy atom. The van der Waals surface area contributed by atoms with Crippen LogP contribution < -0.4 is 0 Å². The lowest BCUT2D eigenvalue weighted by Gasteiger charge is -2.00. The second-order valence-corrected chi connectivity index (χ2v) is 3.67. The van der Waals surface area contributed by atoms with Gasteiger partial charge in [-0.05, 0) is 6.92 Å². The summed E-state index contributed by atoms with van der Waals surface area (Å²) in [5.74, 6) is -8.75. The second-order valence-electron chi connectivity index (χ2n) is 3.67. The molecule has 0 saturated carbocycles. The summed E-state index contributed by atoms with van der Waals surface area (Å²) in [5.41, 5.74) is -1.03. The molecule has 96 valence electrons. The summed E-state index contributed by atoms with van der Waals surface area (Å²) < 4.78 is 57.7. The van der Waals surface area contributed by atoms with E-state index >= 15 is 0 Å². The van der Waals surface area contributed by atoms with Crippen LogP contribution in [0.3, 0.4) is 0 Å². The molecule has 0 radical (unpaired) electrons. The van der Waals surface area contributed by atoms with Crippen LogP contribution in [0.5, 0.6) is 0 Å². The maximum Gasteiger partial charge on any atom is 0.307 e. The number of benzene rings is 1. The van der Waals surface area contributed by atoms with E-state index in [0.717, 1.165) is 0 Å². The molecule has 7 heteroatoms. The fourth-order valence-corrected chi connectivity index (χ4v) is 1.73. The van der Waals surface area contributed by atoms with E-state index in [1.807, 2.05) is 0 Å². The summed E-state index contributed by atoms with van der Waals surface area (Å²) in [6.45, 7) is 1.26. The number of hydrogen-bond donors (Lipinski definition) is 1. The fraction of sp³-hybridized carbons (Fsp3) is 0.182. The van der Waals surface area contributed by atoms with Crippen molar-refractivity contribution in [1.82, 2.24) is 0 Å². The van der Waals surface area contributed by atoms with E-state index in [0.29, 0.717) is 0 Å². The normalized spacial score (nSPS) is 11.2. The molecule has 0 unspecified atom stereocenters. The maximum absolute atomic E-state index is 13.5. The predicted molar refractivity (Wildman–Crippen MR) is 52.1 cm³/mol. The molecule has 2 aromatic rings. The van der Waals surface area contributed by atoms with Gasteiger partial charge in [0.1, 0.15) is 5.76 Å². The number of fused-ring (bicyclic) bond motifs is 1. The van der Waals surface area contributed by atoms with Crippen LogP contribution >= 0.6 is 0 Å². The maximum atomic E-state index is 13.5. The van der Waals surface area contributed by atoms with Crippen molar-refractivity contribution in [3.63, 3.8) is 0 Å². The third-order valence-corrected chi connectivity index (χ3v) is 2.53. The molecule has 1 aromatic carbocycles. The Labute approximate surface area is 97.6 Å². The summed E-state index contributed by atoms with van der Waals surface area (Å²) in [7, 11) is 0. The van der Waals surface area contributed by atoms with E-state index in [1.54, 1.807) is 0 Å². The Bertz CT molecular complexity index is 660. The van der Waals surface area contributed by atoms with Gasteiger partial charge in [-0.3, -0.25) is 4.79 Å². The molecule has 0 amide bonds. The number of rotatable bonds is 2. The van der Waals surface area contributed by atoms with E-state index in [-0.39, 0.29) is 11.3 Å². The highest BCUT2D eigenvalue weighted by atomic mass is 19.2. The molecule has 0 spiro atoms. The highest BCUT2D eigenvalue weighted by Gasteiger charge is 2.27. The van der Waals surface area contributed by atoms with Crippen molar-refractivity contribution < 1.29 is 31.9 Å². The lowest BCUT2D eigenvalue weighted by Crippen LogP contribution is -2.03. The standard InChI is InChI=1S/C11H6F4O3/c1-3-4(2-5(16)17)6-7(12)8(13)9(14)10(15)11(6)18-3/h2H2,1H3,(H,16,17). The minimum Gasteiger partial charge on any atom is -0.481 e. The van der Waals surface area contributed by atoms with E-state index in [9.17, 15) is 22.4 Å². The number of aliphatic carboxylic acids is 1. The first-order valence-electron chi connectivity index (χ1n) is 4.80. The zero-order chi connectivity index (χ0) is 13.6. The molecule has 0 aliphatic rings. The molecule has 3 nitrogen and oxygen atoms in total. The summed E-state index contributed by atoms with van der Waals surface area (Å²) in [6, 6.07) is 0. The van der Waals surface area contributed by atoms with Crippen molar-refractivity contribution >= 4 is 16.9 Å². The molecule has 0 aliphatic carbocycles. The molecule has 0 bridgehead atoms. The third kappa shape index (κ3) is 1.62. The fourth-order valence-electron chi connectivity index (χ4n) is 1.73. The molecule has 0 fully saturated rings. The minimum atomic E-state index is -1.99. The van der Waals surface area contributed by atoms with Gasteiger partial charge in [-0.1, -0.05) is 0 Å². The van der Waals surface area contributed by atoms with Gasteiger partial charge >= 0.3 is 5.97 Å². The average molecular weight is 262 g/mol. The molecule has 2 rings (SSSR count). The number of aryl methyl sites for hydroxylation is 1. The van der Waals surface area contributed by atoms with Crippen molar-refractivity contribution in [3.05, 3.63) is 34.6 Å². The molecule has 0 saturated heterocycles. The Kier molecular flexibility index (Phi) is 2.76. The van der Waals surface area contributed by atoms with Crippen LogP contribution in [0, 0.1) is 30.2 Å². The molecule has 18 heavy (non-hydrogen) atoms. The smallest absolute Gasteiger partial charge is 0.307 e. The number of hydrogen-bond acceptors (Lipinski definition) is 2. The van der Waals surface area contributed by atoms with Gasteiger partial charge in [0.2, 0.25) is 11.6 Å². The van der Waals surface area contributed by atoms with E-state index in [4.69, 9.17) is 9.52 Å². The number of carboxylic acid groups (broad SMARTS) is 1. The monoisotopic (exact) mass is 262 g/mol. The first-order chi connectivity index (χ1) is 8.34. The third-order valence-electron chi connectivity index (χ3n) is 2.53. The molecule has 1 N–H and O–H groups in total. The van der Waals surface area contributed by atoms with Crippen molar-refractivity contribution in [2.45, 2.75) is 13.3 Å². The zero-order valence-electron chi connectivity index (χ0n) is 8.98. The van der Waals surface area contributed by atoms with Crippen LogP contribution in [0.25, 0.3) is 11.0 Å². The summed E-state index contributed by atoms with van der Waals surface area (Å²) >= 11 is 0. The van der Waals surface area contributed by atoms with Gasteiger partial charge in [0, 0.05) is 5.56 Å². The Morgan fingerprint density at radius 3 is 2.22 bits per heavy atom.